The second kappa shape index (κ2) is 10.8. The minimum absolute atomic E-state index is 0.190. The Morgan fingerprint density at radius 3 is 2.52 bits per heavy atom. The number of nitrogens with zero attached hydrogens (tertiary/aromatic N) is 4. The number of β-amino-alcohol motifs (C(OH)–C–C–N with tert-alkyl or cyclic N) is 1. The topological polar surface area (TPSA) is 85.1 Å². The first-order valence-electron chi connectivity index (χ1n) is 10.6. The van der Waals surface area contributed by atoms with Crippen LogP contribution in [0.5, 0.6) is 0 Å². The summed E-state index contributed by atoms with van der Waals surface area (Å²) in [6, 6.07) is 5.96. The first kappa shape index (κ1) is 23.3. The molecule has 2 aromatic rings. The van der Waals surface area contributed by atoms with Gasteiger partial charge in [-0.15, -0.1) is 0 Å². The molecule has 1 atom stereocenters. The molecular weight excluding hydrogens is 401 g/mol. The molecule has 1 amide bonds. The van der Waals surface area contributed by atoms with Gasteiger partial charge in [-0.05, 0) is 45.2 Å². The van der Waals surface area contributed by atoms with Crippen LogP contribution >= 0.6 is 0 Å². The molecule has 1 fully saturated rings. The first-order valence-corrected chi connectivity index (χ1v) is 10.6. The highest BCUT2D eigenvalue weighted by Crippen LogP contribution is 2.13. The number of aromatic nitrogens is 1. The molecule has 8 nitrogen and oxygen atoms in total. The molecule has 1 aromatic heterocycles. The van der Waals surface area contributed by atoms with E-state index in [1.165, 1.54) is 30.5 Å². The number of amides is 1. The number of carbonyl (C=O) groups is 1. The summed E-state index contributed by atoms with van der Waals surface area (Å²) in [6.45, 7) is 9.49. The highest BCUT2D eigenvalue weighted by molar-refractivity contribution is 6.02. The number of hydrogen-bond acceptors (Lipinski definition) is 7. The van der Waals surface area contributed by atoms with Crippen LogP contribution in [-0.4, -0.2) is 89.2 Å². The summed E-state index contributed by atoms with van der Waals surface area (Å²) in [6.07, 6.45) is 0.972. The number of rotatable bonds is 9. The van der Waals surface area contributed by atoms with Crippen molar-refractivity contribution in [3.63, 3.8) is 0 Å². The van der Waals surface area contributed by atoms with E-state index in [9.17, 15) is 14.3 Å². The fraction of sp³-hybridized carbons (Fsp3) is 0.545. The van der Waals surface area contributed by atoms with Gasteiger partial charge in [0.2, 0.25) is 5.89 Å². The Balaban J connectivity index is 1.42. The van der Waals surface area contributed by atoms with Crippen LogP contribution in [0.1, 0.15) is 30.2 Å². The van der Waals surface area contributed by atoms with Gasteiger partial charge in [0.05, 0.1) is 12.6 Å². The van der Waals surface area contributed by atoms with Crippen molar-refractivity contribution in [2.75, 3.05) is 51.6 Å². The van der Waals surface area contributed by atoms with Crippen molar-refractivity contribution in [3.05, 3.63) is 47.9 Å². The van der Waals surface area contributed by atoms with Crippen LogP contribution in [0.25, 0.3) is 0 Å². The van der Waals surface area contributed by atoms with Gasteiger partial charge in [0.25, 0.3) is 5.91 Å². The maximum atomic E-state index is 13.0. The maximum absolute atomic E-state index is 13.0. The molecule has 9 heteroatoms. The monoisotopic (exact) mass is 433 g/mol. The van der Waals surface area contributed by atoms with Crippen LogP contribution in [0.15, 0.2) is 34.9 Å². The van der Waals surface area contributed by atoms with Crippen molar-refractivity contribution in [3.8, 4) is 0 Å². The van der Waals surface area contributed by atoms with Crippen molar-refractivity contribution in [2.24, 2.45) is 0 Å². The van der Waals surface area contributed by atoms with Gasteiger partial charge in [-0.25, -0.2) is 9.37 Å². The van der Waals surface area contributed by atoms with Crippen LogP contribution in [0.3, 0.4) is 0 Å². The highest BCUT2D eigenvalue weighted by Gasteiger charge is 2.22. The van der Waals surface area contributed by atoms with Gasteiger partial charge in [0, 0.05) is 51.0 Å². The Labute approximate surface area is 182 Å². The molecule has 2 N–H and O–H groups in total. The Hall–Kier alpha value is -2.33. The van der Waals surface area contributed by atoms with Crippen molar-refractivity contribution >= 4 is 11.6 Å². The second-order valence-electron chi connectivity index (χ2n) is 8.35. The van der Waals surface area contributed by atoms with Gasteiger partial charge in [0.15, 0.2) is 5.69 Å². The fourth-order valence-electron chi connectivity index (χ4n) is 3.44. The van der Waals surface area contributed by atoms with Crippen LogP contribution in [0.2, 0.25) is 0 Å². The summed E-state index contributed by atoms with van der Waals surface area (Å²) in [7, 11) is 2.02. The van der Waals surface area contributed by atoms with Crippen LogP contribution in [0.4, 0.5) is 10.1 Å². The zero-order valence-electron chi connectivity index (χ0n) is 18.4. The Kier molecular flexibility index (Phi) is 8.14. The van der Waals surface area contributed by atoms with E-state index in [0.29, 0.717) is 37.3 Å². The van der Waals surface area contributed by atoms with Crippen LogP contribution < -0.4 is 5.32 Å². The van der Waals surface area contributed by atoms with E-state index in [0.717, 1.165) is 26.2 Å². The van der Waals surface area contributed by atoms with Gasteiger partial charge in [-0.3, -0.25) is 14.6 Å². The number of hydrogen-bond donors (Lipinski definition) is 2. The number of benzene rings is 1. The van der Waals surface area contributed by atoms with Gasteiger partial charge in [0.1, 0.15) is 12.1 Å². The number of aliphatic hydroxyl groups excluding tert-OH is 1. The van der Waals surface area contributed by atoms with Crippen LogP contribution in [-0.2, 0) is 6.54 Å². The lowest BCUT2D eigenvalue weighted by Crippen LogP contribution is -2.49. The molecule has 1 saturated heterocycles. The standard InChI is InChI=1S/C22H32FN5O3/c1-16(2)26(3)12-19(29)13-27-8-10-28(11-9-27)14-21-25-20(15-31-21)22(30)24-18-6-4-17(23)5-7-18/h4-7,15-16,19,29H,8-14H2,1-3H3,(H,24,30). The third kappa shape index (κ3) is 7.10. The smallest absolute Gasteiger partial charge is 0.277 e. The second-order valence-corrected chi connectivity index (χ2v) is 8.35. The quantitative estimate of drug-likeness (QED) is 0.625. The summed E-state index contributed by atoms with van der Waals surface area (Å²) in [5.74, 6) is -0.276. The fourth-order valence-corrected chi connectivity index (χ4v) is 3.44. The van der Waals surface area contributed by atoms with E-state index in [4.69, 9.17) is 4.42 Å². The molecule has 1 aromatic carbocycles. The zero-order valence-corrected chi connectivity index (χ0v) is 18.4. The molecule has 170 valence electrons. The SMILES string of the molecule is CC(C)N(C)CC(O)CN1CCN(Cc2nc(C(=O)Nc3ccc(F)cc3)co2)CC1. The zero-order chi connectivity index (χ0) is 22.4. The average Bonchev–Trinajstić information content (AvgIpc) is 3.19. The Bertz CT molecular complexity index is 834. The minimum Gasteiger partial charge on any atom is -0.447 e. The van der Waals surface area contributed by atoms with Gasteiger partial charge in [-0.2, -0.15) is 0 Å². The number of aliphatic hydroxyl groups is 1. The molecule has 31 heavy (non-hydrogen) atoms. The molecule has 0 bridgehead atoms. The number of halogens is 1. The Morgan fingerprint density at radius 1 is 1.23 bits per heavy atom. The average molecular weight is 434 g/mol. The molecule has 0 radical (unpaired) electrons. The predicted octanol–water partition coefficient (Wildman–Crippen LogP) is 1.88. The summed E-state index contributed by atoms with van der Waals surface area (Å²) < 4.78 is 18.4. The van der Waals surface area contributed by atoms with E-state index >= 15 is 0 Å². The number of oxazole rings is 1. The molecule has 1 aliphatic heterocycles. The summed E-state index contributed by atoms with van der Waals surface area (Å²) in [4.78, 5) is 23.2. The lowest BCUT2D eigenvalue weighted by atomic mass is 10.2. The van der Waals surface area contributed by atoms with Crippen molar-refractivity contribution in [1.82, 2.24) is 19.7 Å². The van der Waals surface area contributed by atoms with E-state index in [-0.39, 0.29) is 17.6 Å². The van der Waals surface area contributed by atoms with Gasteiger partial charge >= 0.3 is 0 Å². The maximum Gasteiger partial charge on any atom is 0.277 e. The number of piperazine rings is 1. The van der Waals surface area contributed by atoms with Crippen LogP contribution in [0, 0.1) is 5.82 Å². The van der Waals surface area contributed by atoms with E-state index in [1.54, 1.807) is 0 Å². The molecular formula is C22H32FN5O3. The molecule has 1 unspecified atom stereocenters. The van der Waals surface area contributed by atoms with Gasteiger partial charge in [-0.1, -0.05) is 0 Å². The number of nitrogens with one attached hydrogen (secondary N) is 1. The summed E-state index contributed by atoms with van der Waals surface area (Å²) in [5, 5.41) is 13.0. The third-order valence-corrected chi connectivity index (χ3v) is 5.56. The summed E-state index contributed by atoms with van der Waals surface area (Å²) >= 11 is 0. The van der Waals surface area contributed by atoms with E-state index < -0.39 is 5.91 Å². The normalized spacial score (nSPS) is 16.7. The van der Waals surface area contributed by atoms with Crippen molar-refractivity contribution in [1.29, 1.82) is 0 Å². The lowest BCUT2D eigenvalue weighted by molar-refractivity contribution is 0.0469. The van der Waals surface area contributed by atoms with E-state index in [2.05, 4.69) is 38.8 Å². The molecule has 0 aliphatic carbocycles. The highest BCUT2D eigenvalue weighted by atomic mass is 19.1. The number of likely N-dealkylation sites (N-methyl/N-ethyl adjacent to an activating group) is 1. The molecule has 2 heterocycles. The molecule has 0 saturated carbocycles. The van der Waals surface area contributed by atoms with E-state index in [1.807, 2.05) is 7.05 Å². The lowest BCUT2D eigenvalue weighted by Gasteiger charge is -2.35. The number of anilines is 1. The first-order chi connectivity index (χ1) is 14.8. The van der Waals surface area contributed by atoms with Crippen molar-refractivity contribution < 1.29 is 18.7 Å². The van der Waals surface area contributed by atoms with Gasteiger partial charge < -0.3 is 19.7 Å². The van der Waals surface area contributed by atoms with Crippen molar-refractivity contribution in [2.45, 2.75) is 32.5 Å². The molecule has 1 aliphatic rings. The Morgan fingerprint density at radius 2 is 1.87 bits per heavy atom. The third-order valence-electron chi connectivity index (χ3n) is 5.56. The molecule has 3 rings (SSSR count). The summed E-state index contributed by atoms with van der Waals surface area (Å²) in [5.41, 5.74) is 0.684. The minimum atomic E-state index is -0.396. The molecule has 0 spiro atoms. The largest absolute Gasteiger partial charge is 0.447 e. The predicted molar refractivity (Wildman–Crippen MR) is 116 cm³/mol. The number of carbonyl (C=O) groups excluding carboxylic acids is 1.